The normalized spacial score (nSPS) is 11.9. The van der Waals surface area contributed by atoms with Gasteiger partial charge in [-0.15, -0.1) is 0 Å². The van der Waals surface area contributed by atoms with Crippen LogP contribution in [0.2, 0.25) is 0 Å². The van der Waals surface area contributed by atoms with Crippen molar-refractivity contribution in [2.45, 2.75) is 6.92 Å². The van der Waals surface area contributed by atoms with Crippen LogP contribution in [0.1, 0.15) is 12.5 Å². The summed E-state index contributed by atoms with van der Waals surface area (Å²) in [7, 11) is 1.73. The molecule has 0 N–H and O–H groups in total. The Kier molecular flexibility index (Phi) is 7.28. The fourth-order valence-electron chi connectivity index (χ4n) is 6.69. The first-order valence-electron chi connectivity index (χ1n) is 16.0. The van der Waals surface area contributed by atoms with Crippen molar-refractivity contribution < 1.29 is 4.74 Å². The van der Waals surface area contributed by atoms with Crippen molar-refractivity contribution in [1.29, 1.82) is 0 Å². The van der Waals surface area contributed by atoms with Crippen LogP contribution in [0.3, 0.4) is 0 Å². The summed E-state index contributed by atoms with van der Waals surface area (Å²) < 4.78 is 10.4. The monoisotopic (exact) mass is 606 g/mol. The number of ether oxygens (including phenoxy) is 1. The fraction of sp³-hybridized carbons (Fsp3) is 0.0455. The molecule has 0 aliphatic carbocycles. The lowest BCUT2D eigenvalue weighted by Gasteiger charge is -2.13. The van der Waals surface area contributed by atoms with Gasteiger partial charge < -0.3 is 13.9 Å². The highest BCUT2D eigenvalue weighted by Crippen LogP contribution is 2.35. The summed E-state index contributed by atoms with van der Waals surface area (Å²) in [5.74, 6) is 0.835. The van der Waals surface area contributed by atoms with Crippen molar-refractivity contribution in [3.05, 3.63) is 170 Å². The minimum Gasteiger partial charge on any atom is -0.497 e. The van der Waals surface area contributed by atoms with E-state index in [0.29, 0.717) is 0 Å². The number of aromatic nitrogens is 2. The average molecular weight is 607 g/mol. The number of methoxy groups -OCH3 is 1. The molecular formula is C44H34N2O. The summed E-state index contributed by atoms with van der Waals surface area (Å²) in [5.41, 5.74) is 11.6. The number of para-hydroxylation sites is 3. The SMILES string of the molecule is C/C=C\C=C/c1cn(-c2ccc(-c3cc(OC)cc(-c4ccc(-n5c6ccccc6c6ccccc65)cc4)c3)cc2)c2ccccc12. The number of fused-ring (bicyclic) bond motifs is 4. The number of nitrogens with zero attached hydrogens (tertiary/aromatic N) is 2. The molecule has 0 bridgehead atoms. The zero-order valence-corrected chi connectivity index (χ0v) is 26.5. The third kappa shape index (κ3) is 5.12. The van der Waals surface area contributed by atoms with E-state index >= 15 is 0 Å². The zero-order valence-electron chi connectivity index (χ0n) is 26.5. The van der Waals surface area contributed by atoms with Gasteiger partial charge in [-0.2, -0.15) is 0 Å². The second-order valence-electron chi connectivity index (χ2n) is 11.8. The molecule has 47 heavy (non-hydrogen) atoms. The molecule has 0 fully saturated rings. The molecule has 8 aromatic rings. The first kappa shape index (κ1) is 28.4. The third-order valence-electron chi connectivity index (χ3n) is 8.98. The minimum atomic E-state index is 0.835. The average Bonchev–Trinajstić information content (AvgIpc) is 3.68. The van der Waals surface area contributed by atoms with E-state index in [9.17, 15) is 0 Å². The molecule has 0 aliphatic rings. The van der Waals surface area contributed by atoms with Crippen molar-refractivity contribution in [1.82, 2.24) is 9.13 Å². The second kappa shape index (κ2) is 12.0. The van der Waals surface area contributed by atoms with E-state index in [2.05, 4.69) is 173 Å². The first-order valence-corrected chi connectivity index (χ1v) is 16.0. The zero-order chi connectivity index (χ0) is 31.7. The highest BCUT2D eigenvalue weighted by molar-refractivity contribution is 6.09. The minimum absolute atomic E-state index is 0.835. The van der Waals surface area contributed by atoms with Crippen LogP contribution in [0.5, 0.6) is 5.75 Å². The predicted octanol–water partition coefficient (Wildman–Crippen LogP) is 11.7. The number of hydrogen-bond acceptors (Lipinski definition) is 1. The Morgan fingerprint density at radius 2 is 1.04 bits per heavy atom. The first-order chi connectivity index (χ1) is 23.2. The number of benzene rings is 6. The number of hydrogen-bond donors (Lipinski definition) is 0. The molecule has 226 valence electrons. The lowest BCUT2D eigenvalue weighted by Crippen LogP contribution is -1.94. The third-order valence-corrected chi connectivity index (χ3v) is 8.98. The lowest BCUT2D eigenvalue weighted by atomic mass is 9.98. The molecule has 3 heteroatoms. The van der Waals surface area contributed by atoms with E-state index in [1.807, 2.05) is 13.0 Å². The van der Waals surface area contributed by atoms with Crippen molar-refractivity contribution in [2.75, 3.05) is 7.11 Å². The van der Waals surface area contributed by atoms with Gasteiger partial charge in [-0.1, -0.05) is 103 Å². The lowest BCUT2D eigenvalue weighted by molar-refractivity contribution is 0.415. The van der Waals surface area contributed by atoms with E-state index in [1.165, 1.54) is 38.3 Å². The molecule has 0 amide bonds. The van der Waals surface area contributed by atoms with E-state index < -0.39 is 0 Å². The molecule has 0 atom stereocenters. The van der Waals surface area contributed by atoms with Crippen LogP contribution in [-0.4, -0.2) is 16.2 Å². The van der Waals surface area contributed by atoms with Gasteiger partial charge in [0.05, 0.1) is 23.7 Å². The van der Waals surface area contributed by atoms with Crippen molar-refractivity contribution in [2.24, 2.45) is 0 Å². The maximum atomic E-state index is 5.78. The Labute approximate surface area is 274 Å². The highest BCUT2D eigenvalue weighted by atomic mass is 16.5. The fourth-order valence-corrected chi connectivity index (χ4v) is 6.69. The summed E-state index contributed by atoms with van der Waals surface area (Å²) in [6.07, 6.45) is 10.6. The second-order valence-corrected chi connectivity index (χ2v) is 11.8. The van der Waals surface area contributed by atoms with Crippen molar-refractivity contribution in [3.8, 4) is 39.4 Å². The van der Waals surface area contributed by atoms with Gasteiger partial charge in [0, 0.05) is 39.3 Å². The predicted molar refractivity (Wildman–Crippen MR) is 199 cm³/mol. The molecule has 0 radical (unpaired) electrons. The van der Waals surface area contributed by atoms with Crippen LogP contribution in [0.4, 0.5) is 0 Å². The maximum absolute atomic E-state index is 5.78. The smallest absolute Gasteiger partial charge is 0.120 e. The van der Waals surface area contributed by atoms with Gasteiger partial charge in [-0.05, 0) is 89.8 Å². The van der Waals surface area contributed by atoms with Crippen molar-refractivity contribution in [3.63, 3.8) is 0 Å². The molecule has 2 aromatic heterocycles. The molecule has 0 unspecified atom stereocenters. The van der Waals surface area contributed by atoms with Crippen LogP contribution in [0, 0.1) is 0 Å². The quantitative estimate of drug-likeness (QED) is 0.165. The van der Waals surface area contributed by atoms with Crippen LogP contribution < -0.4 is 4.74 Å². The van der Waals surface area contributed by atoms with Gasteiger partial charge in [0.25, 0.3) is 0 Å². The molecule has 0 aliphatic heterocycles. The molecule has 8 rings (SSSR count). The van der Waals surface area contributed by atoms with Crippen LogP contribution in [0.25, 0.3) is 72.4 Å². The Balaban J connectivity index is 1.14. The molecular weight excluding hydrogens is 572 g/mol. The molecule has 3 nitrogen and oxygen atoms in total. The summed E-state index contributed by atoms with van der Waals surface area (Å²) in [6.45, 7) is 2.03. The Bertz CT molecular complexity index is 2380. The Hall–Kier alpha value is -6.06. The molecule has 0 saturated carbocycles. The molecule has 2 heterocycles. The Morgan fingerprint density at radius 1 is 0.511 bits per heavy atom. The van der Waals surface area contributed by atoms with Gasteiger partial charge in [0.2, 0.25) is 0 Å². The summed E-state index contributed by atoms with van der Waals surface area (Å²) in [5, 5.41) is 3.77. The van der Waals surface area contributed by atoms with Gasteiger partial charge in [0.15, 0.2) is 0 Å². The van der Waals surface area contributed by atoms with Crippen LogP contribution in [-0.2, 0) is 0 Å². The maximum Gasteiger partial charge on any atom is 0.120 e. The molecule has 6 aromatic carbocycles. The molecule has 0 saturated heterocycles. The number of rotatable bonds is 7. The summed E-state index contributed by atoms with van der Waals surface area (Å²) in [4.78, 5) is 0. The molecule has 0 spiro atoms. The Morgan fingerprint density at radius 3 is 1.62 bits per heavy atom. The summed E-state index contributed by atoms with van der Waals surface area (Å²) in [6, 6.07) is 49.9. The van der Waals surface area contributed by atoms with E-state index in [4.69, 9.17) is 4.74 Å². The van der Waals surface area contributed by atoms with Gasteiger partial charge in [-0.3, -0.25) is 0 Å². The summed E-state index contributed by atoms with van der Waals surface area (Å²) >= 11 is 0. The van der Waals surface area contributed by atoms with Gasteiger partial charge >= 0.3 is 0 Å². The number of allylic oxidation sites excluding steroid dienone is 3. The van der Waals surface area contributed by atoms with E-state index in [-0.39, 0.29) is 0 Å². The van der Waals surface area contributed by atoms with Crippen molar-refractivity contribution >= 4 is 38.8 Å². The van der Waals surface area contributed by atoms with E-state index in [1.54, 1.807) is 7.11 Å². The van der Waals surface area contributed by atoms with Crippen LogP contribution in [0.15, 0.2) is 164 Å². The standard InChI is InChI=1S/C44H34N2O/c1-3-4-5-12-33-30-45(42-16-9-6-13-39(33)42)36-23-19-31(20-24-36)34-27-35(29-38(28-34)47-2)32-21-25-37(26-22-32)46-43-17-10-7-14-40(43)41-15-8-11-18-44(41)46/h3-30H,1-2H3/b4-3-,12-5-. The van der Waals surface area contributed by atoms with Gasteiger partial charge in [-0.25, -0.2) is 0 Å². The highest BCUT2D eigenvalue weighted by Gasteiger charge is 2.13. The largest absolute Gasteiger partial charge is 0.497 e. The van der Waals surface area contributed by atoms with Gasteiger partial charge in [0.1, 0.15) is 5.75 Å². The topological polar surface area (TPSA) is 19.1 Å². The van der Waals surface area contributed by atoms with E-state index in [0.717, 1.165) is 39.4 Å². The van der Waals surface area contributed by atoms with Crippen LogP contribution >= 0.6 is 0 Å².